The fraction of sp³-hybridized carbons (Fsp3) is 0.857. The van der Waals surface area contributed by atoms with Gasteiger partial charge in [0.05, 0.1) is 11.9 Å². The van der Waals surface area contributed by atoms with Gasteiger partial charge in [-0.1, -0.05) is 68.2 Å². The fourth-order valence-electron chi connectivity index (χ4n) is 4.29. The summed E-state index contributed by atoms with van der Waals surface area (Å²) in [5.74, 6) is -3.52. The van der Waals surface area contributed by atoms with E-state index >= 15 is 0 Å². The summed E-state index contributed by atoms with van der Waals surface area (Å²) >= 11 is 0. The minimum atomic E-state index is -1.42. The van der Waals surface area contributed by atoms with E-state index in [2.05, 4.69) is 0 Å². The SMILES string of the molecule is CCCCOC(C(=O)[O-])C(=O)C(CC)(CC)CC.CCCCOC(C(=O)[O-])C(=O)C(CC)(CC)CC.[Zr+2]. The van der Waals surface area contributed by atoms with Crippen molar-refractivity contribution >= 4 is 23.5 Å². The third-order valence-electron chi connectivity index (χ3n) is 7.58. The van der Waals surface area contributed by atoms with Gasteiger partial charge in [0, 0.05) is 24.0 Å². The summed E-state index contributed by atoms with van der Waals surface area (Å²) < 4.78 is 10.4. The Balaban J connectivity index is -0.000000608. The van der Waals surface area contributed by atoms with Crippen LogP contribution in [0.3, 0.4) is 0 Å². The molecule has 0 aromatic carbocycles. The van der Waals surface area contributed by atoms with Gasteiger partial charge in [0.1, 0.15) is 0 Å². The Morgan fingerprint density at radius 3 is 0.973 bits per heavy atom. The number of unbranched alkanes of at least 4 members (excludes halogenated alkanes) is 2. The number of rotatable bonds is 20. The molecule has 0 radical (unpaired) electrons. The molecule has 37 heavy (non-hydrogen) atoms. The average Bonchev–Trinajstić information content (AvgIpc) is 2.87. The second-order valence-corrected chi connectivity index (χ2v) is 9.26. The van der Waals surface area contributed by atoms with E-state index in [1.807, 2.05) is 55.4 Å². The number of hydrogen-bond donors (Lipinski definition) is 0. The van der Waals surface area contributed by atoms with Crippen molar-refractivity contribution in [3.8, 4) is 0 Å². The Bertz CT molecular complexity index is 584. The van der Waals surface area contributed by atoms with Gasteiger partial charge in [-0.15, -0.1) is 0 Å². The summed E-state index contributed by atoms with van der Waals surface area (Å²) in [4.78, 5) is 46.8. The normalized spacial score (nSPS) is 13.0. The number of carboxylic acid groups (broad SMARTS) is 2. The molecule has 0 aromatic rings. The Kier molecular flexibility index (Phi) is 24.1. The summed E-state index contributed by atoms with van der Waals surface area (Å²) in [6.07, 6.45) is 4.19. The number of hydrogen-bond acceptors (Lipinski definition) is 8. The first kappa shape index (κ1) is 40.6. The van der Waals surface area contributed by atoms with Crippen LogP contribution in [0.2, 0.25) is 0 Å². The van der Waals surface area contributed by atoms with Crippen LogP contribution in [0, 0.1) is 10.8 Å². The van der Waals surface area contributed by atoms with Crippen molar-refractivity contribution in [2.75, 3.05) is 13.2 Å². The number of ether oxygens (including phenoxy) is 2. The maximum Gasteiger partial charge on any atom is 2.00 e. The van der Waals surface area contributed by atoms with Gasteiger partial charge in [-0.3, -0.25) is 9.59 Å². The van der Waals surface area contributed by atoms with E-state index < -0.39 is 35.0 Å². The van der Waals surface area contributed by atoms with Gasteiger partial charge in [-0.05, 0) is 51.4 Å². The molecule has 0 rings (SSSR count). The molecular formula is C28H50O8Zr. The predicted octanol–water partition coefficient (Wildman–Crippen LogP) is 3.41. The van der Waals surface area contributed by atoms with E-state index in [0.29, 0.717) is 38.5 Å². The van der Waals surface area contributed by atoms with Crippen LogP contribution in [0.15, 0.2) is 0 Å². The molecule has 0 saturated carbocycles. The number of ketones is 2. The van der Waals surface area contributed by atoms with Crippen molar-refractivity contribution in [2.24, 2.45) is 10.8 Å². The molecule has 0 saturated heterocycles. The quantitative estimate of drug-likeness (QED) is 0.152. The number of aliphatic carboxylic acids is 2. The molecule has 0 aliphatic carbocycles. The first-order chi connectivity index (χ1) is 17.0. The maximum absolute atomic E-state index is 12.3. The summed E-state index contributed by atoms with van der Waals surface area (Å²) in [5, 5.41) is 22.1. The van der Waals surface area contributed by atoms with Crippen molar-refractivity contribution in [1.29, 1.82) is 0 Å². The molecule has 0 heterocycles. The van der Waals surface area contributed by atoms with E-state index in [-0.39, 0.29) is 51.0 Å². The van der Waals surface area contributed by atoms with Crippen LogP contribution < -0.4 is 10.2 Å². The van der Waals surface area contributed by atoms with E-state index in [4.69, 9.17) is 9.47 Å². The first-order valence-corrected chi connectivity index (χ1v) is 13.7. The second kappa shape index (κ2) is 22.0. The van der Waals surface area contributed by atoms with E-state index in [1.165, 1.54) is 0 Å². The smallest absolute Gasteiger partial charge is 0.547 e. The molecule has 0 spiro atoms. The molecule has 0 amide bonds. The number of carbonyl (C=O) groups excluding carboxylic acids is 4. The molecule has 0 N–H and O–H groups in total. The summed E-state index contributed by atoms with van der Waals surface area (Å²) in [5.41, 5.74) is -1.20. The zero-order valence-electron chi connectivity index (χ0n) is 24.4. The third kappa shape index (κ3) is 12.7. The van der Waals surface area contributed by atoms with Crippen LogP contribution in [0.5, 0.6) is 0 Å². The molecule has 2 atom stereocenters. The van der Waals surface area contributed by atoms with Crippen molar-refractivity contribution in [2.45, 2.75) is 132 Å². The van der Waals surface area contributed by atoms with Gasteiger partial charge in [-0.25, -0.2) is 0 Å². The largest absolute Gasteiger partial charge is 2.00 e. The Hall–Kier alpha value is -0.917. The average molecular weight is 606 g/mol. The first-order valence-electron chi connectivity index (χ1n) is 13.7. The third-order valence-corrected chi connectivity index (χ3v) is 7.58. The minimum Gasteiger partial charge on any atom is -0.547 e. The number of carboxylic acids is 2. The molecule has 8 nitrogen and oxygen atoms in total. The molecular weight excluding hydrogens is 556 g/mol. The van der Waals surface area contributed by atoms with Crippen molar-refractivity contribution in [3.05, 3.63) is 0 Å². The topological polar surface area (TPSA) is 133 Å². The van der Waals surface area contributed by atoms with Crippen molar-refractivity contribution in [3.63, 3.8) is 0 Å². The van der Waals surface area contributed by atoms with Crippen molar-refractivity contribution < 1.29 is 65.1 Å². The molecule has 2 unspecified atom stereocenters. The maximum atomic E-state index is 12.3. The molecule has 0 aliphatic rings. The molecule has 0 fully saturated rings. The standard InChI is InChI=1S/2C14H26O4.Zr/c2*1-5-9-10-18-11(13(16)17)12(15)14(6-2,7-3)8-4;/h2*11H,5-10H2,1-4H3,(H,16,17);/q;;+2/p-2. The van der Waals surface area contributed by atoms with Gasteiger partial charge in [0.15, 0.2) is 23.8 Å². The molecule has 0 aliphatic heterocycles. The number of Topliss-reactive ketones (excluding diaryl/α,β-unsaturated/α-hetero) is 2. The van der Waals surface area contributed by atoms with Gasteiger partial charge < -0.3 is 29.3 Å². The van der Waals surface area contributed by atoms with Crippen LogP contribution in [-0.4, -0.2) is 48.9 Å². The molecule has 0 bridgehead atoms. The fourth-order valence-corrected chi connectivity index (χ4v) is 4.29. The van der Waals surface area contributed by atoms with Gasteiger partial charge in [0.2, 0.25) is 0 Å². The van der Waals surface area contributed by atoms with E-state index in [1.54, 1.807) is 0 Å². The summed E-state index contributed by atoms with van der Waals surface area (Å²) in [7, 11) is 0. The Morgan fingerprint density at radius 1 is 0.568 bits per heavy atom. The van der Waals surface area contributed by atoms with E-state index in [0.717, 1.165) is 25.7 Å². The van der Waals surface area contributed by atoms with Gasteiger partial charge in [-0.2, -0.15) is 0 Å². The Labute approximate surface area is 243 Å². The van der Waals surface area contributed by atoms with Crippen LogP contribution in [0.25, 0.3) is 0 Å². The zero-order valence-corrected chi connectivity index (χ0v) is 26.9. The van der Waals surface area contributed by atoms with Crippen LogP contribution >= 0.6 is 0 Å². The monoisotopic (exact) mass is 604 g/mol. The predicted molar refractivity (Wildman–Crippen MR) is 136 cm³/mol. The van der Waals surface area contributed by atoms with E-state index in [9.17, 15) is 29.4 Å². The van der Waals surface area contributed by atoms with Gasteiger partial charge >= 0.3 is 26.2 Å². The molecule has 0 aromatic heterocycles. The van der Waals surface area contributed by atoms with Gasteiger partial charge in [0.25, 0.3) is 0 Å². The number of carbonyl (C=O) groups is 4. The second-order valence-electron chi connectivity index (χ2n) is 9.26. The van der Waals surface area contributed by atoms with Crippen molar-refractivity contribution in [1.82, 2.24) is 0 Å². The van der Waals surface area contributed by atoms with Crippen LogP contribution in [0.4, 0.5) is 0 Å². The van der Waals surface area contributed by atoms with Crippen LogP contribution in [0.1, 0.15) is 120 Å². The summed E-state index contributed by atoms with van der Waals surface area (Å²) in [6.45, 7) is 16.0. The summed E-state index contributed by atoms with van der Waals surface area (Å²) in [6, 6.07) is 0. The molecule has 9 heteroatoms. The zero-order chi connectivity index (χ0) is 28.4. The molecule has 214 valence electrons. The minimum absolute atomic E-state index is 0. The Morgan fingerprint density at radius 2 is 0.811 bits per heavy atom. The van der Waals surface area contributed by atoms with Crippen LogP contribution in [-0.2, 0) is 54.9 Å².